The molecule has 4 nitrogen and oxygen atoms in total. The molecule has 3 rings (SSSR count). The highest BCUT2D eigenvalue weighted by molar-refractivity contribution is 5.79. The summed E-state index contributed by atoms with van der Waals surface area (Å²) in [5, 5.41) is 6.90. The summed E-state index contributed by atoms with van der Waals surface area (Å²) in [7, 11) is 2.17. The number of carbonyl (C=O) groups excluding carboxylic acids is 1. The minimum Gasteiger partial charge on any atom is -0.352 e. The average molecular weight is 279 g/mol. The van der Waals surface area contributed by atoms with Crippen molar-refractivity contribution >= 4 is 5.91 Å². The number of hydrogen-bond donors (Lipinski definition) is 2. The van der Waals surface area contributed by atoms with E-state index < -0.39 is 0 Å². The van der Waals surface area contributed by atoms with Gasteiger partial charge < -0.3 is 10.6 Å². The quantitative estimate of drug-likeness (QED) is 0.805. The van der Waals surface area contributed by atoms with Crippen molar-refractivity contribution in [1.82, 2.24) is 15.5 Å². The minimum absolute atomic E-state index is 0.235. The lowest BCUT2D eigenvalue weighted by molar-refractivity contribution is -0.127. The maximum absolute atomic E-state index is 12.5. The Bertz CT molecular complexity index is 389. The van der Waals surface area contributed by atoms with Crippen molar-refractivity contribution in [3.8, 4) is 0 Å². The maximum Gasteiger partial charge on any atom is 0.223 e. The largest absolute Gasteiger partial charge is 0.352 e. The number of likely N-dealkylation sites (N-methyl/N-ethyl adjacent to an activating group) is 1. The van der Waals surface area contributed by atoms with Crippen molar-refractivity contribution in [3.05, 3.63) is 0 Å². The van der Waals surface area contributed by atoms with Crippen LogP contribution in [0.3, 0.4) is 0 Å². The molecule has 114 valence electrons. The maximum atomic E-state index is 12.5. The van der Waals surface area contributed by atoms with Crippen LogP contribution in [0.4, 0.5) is 0 Å². The molecule has 20 heavy (non-hydrogen) atoms. The zero-order chi connectivity index (χ0) is 14.4. The first-order valence-corrected chi connectivity index (χ1v) is 8.17. The van der Waals surface area contributed by atoms with Crippen LogP contribution in [-0.4, -0.2) is 48.1 Å². The smallest absolute Gasteiger partial charge is 0.223 e. The van der Waals surface area contributed by atoms with Gasteiger partial charge in [-0.3, -0.25) is 9.69 Å². The van der Waals surface area contributed by atoms with Gasteiger partial charge in [0.25, 0.3) is 0 Å². The summed E-state index contributed by atoms with van der Waals surface area (Å²) in [4.78, 5) is 14.9. The molecule has 2 N–H and O–H groups in total. The van der Waals surface area contributed by atoms with Crippen LogP contribution in [0.15, 0.2) is 0 Å². The first kappa shape index (κ1) is 14.3. The normalized spacial score (nSPS) is 35.8. The van der Waals surface area contributed by atoms with Crippen molar-refractivity contribution in [2.75, 3.05) is 20.1 Å². The molecule has 1 amide bonds. The summed E-state index contributed by atoms with van der Waals surface area (Å²) in [6.45, 7) is 6.56. The number of nitrogens with one attached hydrogen (secondary N) is 2. The molecule has 0 radical (unpaired) electrons. The van der Waals surface area contributed by atoms with E-state index in [1.54, 1.807) is 0 Å². The molecule has 2 aliphatic heterocycles. The fourth-order valence-electron chi connectivity index (χ4n) is 3.74. The second-order valence-corrected chi connectivity index (χ2v) is 7.83. The lowest BCUT2D eigenvalue weighted by Gasteiger charge is -2.44. The third kappa shape index (κ3) is 2.86. The Kier molecular flexibility index (Phi) is 3.57. The molecular formula is C16H29N3O. The van der Waals surface area contributed by atoms with E-state index in [0.717, 1.165) is 38.8 Å². The molecule has 1 spiro atoms. The van der Waals surface area contributed by atoms with Crippen molar-refractivity contribution < 1.29 is 4.79 Å². The Morgan fingerprint density at radius 1 is 1.25 bits per heavy atom. The summed E-state index contributed by atoms with van der Waals surface area (Å²) in [6.07, 6.45) is 6.84. The highest BCUT2D eigenvalue weighted by Crippen LogP contribution is 2.44. The first-order chi connectivity index (χ1) is 9.40. The van der Waals surface area contributed by atoms with E-state index in [1.165, 1.54) is 12.8 Å². The van der Waals surface area contributed by atoms with Crippen LogP contribution < -0.4 is 10.6 Å². The predicted molar refractivity (Wildman–Crippen MR) is 80.6 cm³/mol. The number of piperidine rings is 2. The molecule has 0 aromatic rings. The third-order valence-corrected chi connectivity index (χ3v) is 5.83. The number of rotatable bonds is 2. The van der Waals surface area contributed by atoms with Gasteiger partial charge in [-0.1, -0.05) is 0 Å². The first-order valence-electron chi connectivity index (χ1n) is 8.17. The van der Waals surface area contributed by atoms with E-state index >= 15 is 0 Å². The van der Waals surface area contributed by atoms with Crippen LogP contribution in [-0.2, 0) is 4.79 Å². The lowest BCUT2D eigenvalue weighted by Crippen LogP contribution is -2.56. The number of hydrogen-bond acceptors (Lipinski definition) is 3. The molecule has 0 aromatic carbocycles. The monoisotopic (exact) mass is 279 g/mol. The van der Waals surface area contributed by atoms with E-state index in [1.807, 2.05) is 0 Å². The molecule has 2 heterocycles. The third-order valence-electron chi connectivity index (χ3n) is 5.83. The minimum atomic E-state index is 0.235. The molecule has 4 heteroatoms. The van der Waals surface area contributed by atoms with Gasteiger partial charge in [0.05, 0.1) is 0 Å². The van der Waals surface area contributed by atoms with Crippen LogP contribution in [0.5, 0.6) is 0 Å². The summed E-state index contributed by atoms with van der Waals surface area (Å²) >= 11 is 0. The number of nitrogens with zero attached hydrogens (tertiary/aromatic N) is 1. The number of amides is 1. The Balaban J connectivity index is 1.52. The zero-order valence-corrected chi connectivity index (χ0v) is 13.2. The van der Waals surface area contributed by atoms with Gasteiger partial charge in [-0.15, -0.1) is 0 Å². The van der Waals surface area contributed by atoms with Crippen LogP contribution in [0, 0.1) is 5.92 Å². The van der Waals surface area contributed by atoms with E-state index in [9.17, 15) is 4.79 Å². The topological polar surface area (TPSA) is 44.4 Å². The van der Waals surface area contributed by atoms with E-state index in [4.69, 9.17) is 0 Å². The van der Waals surface area contributed by atoms with Gasteiger partial charge >= 0.3 is 0 Å². The van der Waals surface area contributed by atoms with Crippen molar-refractivity contribution in [2.45, 2.75) is 69.5 Å². The molecule has 2 atom stereocenters. The number of likely N-dealkylation sites (tertiary alicyclic amines) is 1. The van der Waals surface area contributed by atoms with Gasteiger partial charge in [0.2, 0.25) is 5.91 Å². The Morgan fingerprint density at radius 3 is 2.65 bits per heavy atom. The van der Waals surface area contributed by atoms with Crippen LogP contribution >= 0.6 is 0 Å². The summed E-state index contributed by atoms with van der Waals surface area (Å²) < 4.78 is 0. The summed E-state index contributed by atoms with van der Waals surface area (Å²) in [6, 6.07) is 0.338. The predicted octanol–water partition coefficient (Wildman–Crippen LogP) is 1.51. The van der Waals surface area contributed by atoms with E-state index in [-0.39, 0.29) is 11.5 Å². The number of carbonyl (C=O) groups is 1. The fraction of sp³-hybridized carbons (Fsp3) is 0.938. The molecule has 0 bridgehead atoms. The summed E-state index contributed by atoms with van der Waals surface area (Å²) in [5.41, 5.74) is 0.611. The molecule has 2 saturated heterocycles. The molecular weight excluding hydrogens is 250 g/mol. The highest BCUT2D eigenvalue weighted by Gasteiger charge is 2.47. The van der Waals surface area contributed by atoms with Crippen molar-refractivity contribution in [3.63, 3.8) is 0 Å². The van der Waals surface area contributed by atoms with Gasteiger partial charge in [-0.05, 0) is 66.0 Å². The van der Waals surface area contributed by atoms with Crippen molar-refractivity contribution in [2.24, 2.45) is 5.92 Å². The Labute approximate surface area is 122 Å². The molecule has 1 unspecified atom stereocenters. The van der Waals surface area contributed by atoms with E-state index in [2.05, 4.69) is 36.4 Å². The van der Waals surface area contributed by atoms with Crippen LogP contribution in [0.25, 0.3) is 0 Å². The van der Waals surface area contributed by atoms with Gasteiger partial charge in [0.1, 0.15) is 0 Å². The van der Waals surface area contributed by atoms with Crippen LogP contribution in [0.1, 0.15) is 52.4 Å². The second-order valence-electron chi connectivity index (χ2n) is 7.83. The second kappa shape index (κ2) is 4.99. The van der Waals surface area contributed by atoms with E-state index in [0.29, 0.717) is 17.5 Å². The van der Waals surface area contributed by atoms with Crippen molar-refractivity contribution in [1.29, 1.82) is 0 Å². The highest BCUT2D eigenvalue weighted by atomic mass is 16.2. The lowest BCUT2D eigenvalue weighted by atomic mass is 9.87. The average Bonchev–Trinajstić information content (AvgIpc) is 3.13. The van der Waals surface area contributed by atoms with Gasteiger partial charge in [-0.2, -0.15) is 0 Å². The molecule has 1 saturated carbocycles. The van der Waals surface area contributed by atoms with Crippen LogP contribution in [0.2, 0.25) is 0 Å². The Morgan fingerprint density at radius 2 is 2.00 bits per heavy atom. The SMILES string of the molecule is CN1C[C@H](NC(=O)C2CCNC3(CC3)C2)CCC1(C)C. The standard InChI is InChI=1S/C16H29N3O/c1-15(2)6-4-13(11-19(15)3)18-14(20)12-5-9-17-16(10-12)7-8-16/h12-13,17H,4-11H2,1-3H3,(H,18,20)/t12?,13-/m1/s1. The summed E-state index contributed by atoms with van der Waals surface area (Å²) in [5.74, 6) is 0.537. The molecule has 1 aliphatic carbocycles. The Hall–Kier alpha value is -0.610. The fourth-order valence-corrected chi connectivity index (χ4v) is 3.74. The molecule has 3 fully saturated rings. The zero-order valence-electron chi connectivity index (χ0n) is 13.2. The van der Waals surface area contributed by atoms with Gasteiger partial charge in [0.15, 0.2) is 0 Å². The molecule has 3 aliphatic rings. The van der Waals surface area contributed by atoms with Gasteiger partial charge in [0, 0.05) is 29.6 Å². The molecule has 0 aromatic heterocycles. The van der Waals surface area contributed by atoms with Gasteiger partial charge in [-0.25, -0.2) is 0 Å².